The van der Waals surface area contributed by atoms with Crippen molar-refractivity contribution in [2.24, 2.45) is 0 Å². The maximum Gasteiger partial charge on any atom is 0.422 e. The fourth-order valence-electron chi connectivity index (χ4n) is 3.30. The molecule has 150 valence electrons. The summed E-state index contributed by atoms with van der Waals surface area (Å²) >= 11 is 0. The average Bonchev–Trinajstić information content (AvgIpc) is 2.67. The Hall–Kier alpha value is -3.22. The number of rotatable bonds is 6. The zero-order valence-electron chi connectivity index (χ0n) is 15.4. The van der Waals surface area contributed by atoms with Crippen LogP contribution in [-0.2, 0) is 19.0 Å². The third-order valence-electron chi connectivity index (χ3n) is 4.57. The number of aromatic amines is 1. The van der Waals surface area contributed by atoms with Gasteiger partial charge in [-0.25, -0.2) is 4.98 Å². The number of nitrogens with one attached hydrogen (secondary N) is 1. The summed E-state index contributed by atoms with van der Waals surface area (Å²) in [5, 5.41) is -0.288. The molecule has 3 nitrogen and oxygen atoms in total. The quantitative estimate of drug-likeness (QED) is 0.332. The van der Waals surface area contributed by atoms with Gasteiger partial charge in [0.2, 0.25) is 5.95 Å². The van der Waals surface area contributed by atoms with Crippen molar-refractivity contribution < 1.29 is 17.6 Å². The van der Waals surface area contributed by atoms with Gasteiger partial charge >= 0.3 is 6.18 Å². The summed E-state index contributed by atoms with van der Waals surface area (Å²) in [6.07, 6.45) is -1.08. The monoisotopic (exact) mass is 402 g/mol. The number of aromatic nitrogens is 2. The third kappa shape index (κ3) is 3.85. The van der Waals surface area contributed by atoms with E-state index in [1.54, 1.807) is 36.4 Å². The van der Waals surface area contributed by atoms with Crippen LogP contribution in [0, 0.1) is 5.95 Å². The normalized spacial score (nSPS) is 11.6. The van der Waals surface area contributed by atoms with Gasteiger partial charge in [-0.1, -0.05) is 42.5 Å². The van der Waals surface area contributed by atoms with E-state index in [-0.39, 0.29) is 29.5 Å². The number of allylic oxidation sites excluding steroid dienone is 2. The summed E-state index contributed by atoms with van der Waals surface area (Å²) < 4.78 is 55.5. The first-order valence-electron chi connectivity index (χ1n) is 8.91. The van der Waals surface area contributed by atoms with E-state index in [4.69, 9.17) is 0 Å². The second-order valence-corrected chi connectivity index (χ2v) is 6.47. The number of alkyl halides is 3. The molecular weight excluding hydrogens is 384 g/mol. The Labute approximate surface area is 164 Å². The van der Waals surface area contributed by atoms with Gasteiger partial charge in [-0.3, -0.25) is 4.79 Å². The van der Waals surface area contributed by atoms with Crippen molar-refractivity contribution in [3.63, 3.8) is 0 Å². The highest BCUT2D eigenvalue weighted by Gasteiger charge is 2.39. The standard InChI is InChI=1S/C22H18F4N2O/c1-3-5-12-15-14(9-4-2)20(29)16-18(13-10-7-6-8-11-13)28-21(23)17(19(16)27-15)22(24,25)26/h3-4,6-8,10-11H,1-2,5,9,12H2,(H,27,29). The minimum Gasteiger partial charge on any atom is -0.357 e. The Bertz CT molecular complexity index is 1130. The number of H-pyrrole nitrogens is 1. The lowest BCUT2D eigenvalue weighted by Crippen LogP contribution is -2.20. The van der Waals surface area contributed by atoms with Crippen LogP contribution in [0.15, 0.2) is 60.4 Å². The number of hydrogen-bond donors (Lipinski definition) is 1. The molecule has 0 atom stereocenters. The molecule has 0 aliphatic heterocycles. The van der Waals surface area contributed by atoms with E-state index in [9.17, 15) is 22.4 Å². The largest absolute Gasteiger partial charge is 0.422 e. The molecule has 1 N–H and O–H groups in total. The number of hydrogen-bond acceptors (Lipinski definition) is 2. The molecule has 0 bridgehead atoms. The van der Waals surface area contributed by atoms with Gasteiger partial charge in [-0.05, 0) is 19.3 Å². The van der Waals surface area contributed by atoms with E-state index in [0.29, 0.717) is 17.7 Å². The van der Waals surface area contributed by atoms with Crippen molar-refractivity contribution in [2.45, 2.75) is 25.4 Å². The smallest absolute Gasteiger partial charge is 0.357 e. The highest BCUT2D eigenvalue weighted by atomic mass is 19.4. The summed E-state index contributed by atoms with van der Waals surface area (Å²) in [5.74, 6) is -1.68. The minimum atomic E-state index is -5.02. The summed E-state index contributed by atoms with van der Waals surface area (Å²) in [6.45, 7) is 7.22. The maximum atomic E-state index is 14.5. The Morgan fingerprint density at radius 2 is 1.79 bits per heavy atom. The van der Waals surface area contributed by atoms with Gasteiger partial charge < -0.3 is 4.98 Å². The Morgan fingerprint density at radius 1 is 1.10 bits per heavy atom. The van der Waals surface area contributed by atoms with Crippen molar-refractivity contribution >= 4 is 10.9 Å². The molecule has 3 rings (SSSR count). The van der Waals surface area contributed by atoms with Gasteiger partial charge in [-0.2, -0.15) is 17.6 Å². The molecule has 0 amide bonds. The second-order valence-electron chi connectivity index (χ2n) is 6.47. The molecule has 0 fully saturated rings. The van der Waals surface area contributed by atoms with Crippen molar-refractivity contribution in [2.75, 3.05) is 0 Å². The highest BCUT2D eigenvalue weighted by molar-refractivity contribution is 5.95. The van der Waals surface area contributed by atoms with Gasteiger partial charge in [-0.15, -0.1) is 13.2 Å². The van der Waals surface area contributed by atoms with Crippen LogP contribution in [0.2, 0.25) is 0 Å². The molecule has 0 unspecified atom stereocenters. The molecule has 0 aliphatic carbocycles. The van der Waals surface area contributed by atoms with Gasteiger partial charge in [0.05, 0.1) is 16.6 Å². The first-order valence-corrected chi connectivity index (χ1v) is 8.91. The number of fused-ring (bicyclic) bond motifs is 1. The Kier molecular flexibility index (Phi) is 5.68. The fraction of sp³-hybridized carbons (Fsp3) is 0.182. The van der Waals surface area contributed by atoms with Crippen LogP contribution >= 0.6 is 0 Å². The first kappa shape index (κ1) is 20.5. The first-order chi connectivity index (χ1) is 13.8. The zero-order chi connectivity index (χ0) is 21.2. The van der Waals surface area contributed by atoms with Gasteiger partial charge in [0.1, 0.15) is 5.56 Å². The van der Waals surface area contributed by atoms with E-state index in [1.807, 2.05) is 0 Å². The maximum absolute atomic E-state index is 14.5. The van der Waals surface area contributed by atoms with Crippen LogP contribution in [0.1, 0.15) is 23.2 Å². The number of nitrogens with zero attached hydrogens (tertiary/aromatic N) is 1. The van der Waals surface area contributed by atoms with Crippen LogP contribution in [0.4, 0.5) is 17.6 Å². The predicted molar refractivity (Wildman–Crippen MR) is 105 cm³/mol. The molecule has 29 heavy (non-hydrogen) atoms. The van der Waals surface area contributed by atoms with Crippen molar-refractivity contribution in [3.05, 3.63) is 88.6 Å². The number of halogens is 4. The Morgan fingerprint density at radius 3 is 2.38 bits per heavy atom. The second kappa shape index (κ2) is 8.03. The van der Waals surface area contributed by atoms with E-state index in [1.165, 1.54) is 6.08 Å². The molecule has 0 saturated carbocycles. The molecule has 0 radical (unpaired) electrons. The van der Waals surface area contributed by atoms with Crippen LogP contribution in [-0.4, -0.2) is 9.97 Å². The van der Waals surface area contributed by atoms with E-state index >= 15 is 0 Å². The molecule has 0 spiro atoms. The lowest BCUT2D eigenvalue weighted by Gasteiger charge is -2.17. The molecule has 2 heterocycles. The van der Waals surface area contributed by atoms with Crippen LogP contribution < -0.4 is 5.43 Å². The van der Waals surface area contributed by atoms with Crippen LogP contribution in [0.25, 0.3) is 22.2 Å². The van der Waals surface area contributed by atoms with E-state index < -0.39 is 28.6 Å². The molecule has 0 aliphatic rings. The molecule has 2 aromatic heterocycles. The molecular formula is C22H18F4N2O. The summed E-state index contributed by atoms with van der Waals surface area (Å²) in [7, 11) is 0. The summed E-state index contributed by atoms with van der Waals surface area (Å²) in [5.41, 5.74) is -1.98. The van der Waals surface area contributed by atoms with E-state index in [2.05, 4.69) is 23.1 Å². The molecule has 0 saturated heterocycles. The van der Waals surface area contributed by atoms with Gasteiger partial charge in [0.15, 0.2) is 5.43 Å². The van der Waals surface area contributed by atoms with Gasteiger partial charge in [0.25, 0.3) is 0 Å². The molecule has 3 aromatic rings. The number of aryl methyl sites for hydroxylation is 1. The predicted octanol–water partition coefficient (Wildman–Crippen LogP) is 5.60. The molecule has 7 heteroatoms. The topological polar surface area (TPSA) is 45.8 Å². The Balaban J connectivity index is 2.52. The number of benzene rings is 1. The average molecular weight is 402 g/mol. The SMILES string of the molecule is C=CCCc1[nH]c2c(C(F)(F)F)c(F)nc(-c3ccccc3)c2c(=O)c1CC=C. The highest BCUT2D eigenvalue weighted by Crippen LogP contribution is 2.38. The fourth-order valence-corrected chi connectivity index (χ4v) is 3.30. The third-order valence-corrected chi connectivity index (χ3v) is 4.57. The zero-order valence-corrected chi connectivity index (χ0v) is 15.4. The lowest BCUT2D eigenvalue weighted by molar-refractivity contribution is -0.139. The van der Waals surface area contributed by atoms with Crippen molar-refractivity contribution in [1.29, 1.82) is 0 Å². The lowest BCUT2D eigenvalue weighted by atomic mass is 9.97. The van der Waals surface area contributed by atoms with E-state index in [0.717, 1.165) is 0 Å². The number of pyridine rings is 2. The molecule has 1 aromatic carbocycles. The van der Waals surface area contributed by atoms with Crippen LogP contribution in [0.3, 0.4) is 0 Å². The minimum absolute atomic E-state index is 0.132. The summed E-state index contributed by atoms with van der Waals surface area (Å²) in [6, 6.07) is 8.09. The van der Waals surface area contributed by atoms with Gasteiger partial charge in [0, 0.05) is 16.8 Å². The van der Waals surface area contributed by atoms with Crippen LogP contribution in [0.5, 0.6) is 0 Å². The van der Waals surface area contributed by atoms with Crippen molar-refractivity contribution in [1.82, 2.24) is 9.97 Å². The van der Waals surface area contributed by atoms with Crippen molar-refractivity contribution in [3.8, 4) is 11.3 Å². The summed E-state index contributed by atoms with van der Waals surface area (Å²) in [4.78, 5) is 19.5.